The van der Waals surface area contributed by atoms with Crippen molar-refractivity contribution in [2.75, 3.05) is 26.8 Å². The Kier molecular flexibility index (Phi) is 3.63. The minimum absolute atomic E-state index is 0.124. The molecule has 1 aliphatic carbocycles. The maximum Gasteiger partial charge on any atom is 0.111 e. The van der Waals surface area contributed by atoms with Crippen LogP contribution in [0.25, 0.3) is 0 Å². The van der Waals surface area contributed by atoms with Crippen molar-refractivity contribution in [3.8, 4) is 0 Å². The number of methoxy groups -OCH3 is 1. The van der Waals surface area contributed by atoms with Crippen LogP contribution in [0.4, 0.5) is 0 Å². The van der Waals surface area contributed by atoms with Gasteiger partial charge in [-0.2, -0.15) is 0 Å². The van der Waals surface area contributed by atoms with Gasteiger partial charge in [0.05, 0.1) is 37.0 Å². The lowest BCUT2D eigenvalue weighted by Gasteiger charge is -2.28. The van der Waals surface area contributed by atoms with Crippen LogP contribution in [0.2, 0.25) is 0 Å². The summed E-state index contributed by atoms with van der Waals surface area (Å²) in [6, 6.07) is 0.415. The summed E-state index contributed by atoms with van der Waals surface area (Å²) in [7, 11) is 1.80. The first-order valence-corrected chi connectivity index (χ1v) is 6.77. The molecule has 3 atom stereocenters. The summed E-state index contributed by atoms with van der Waals surface area (Å²) in [5.41, 5.74) is 1.18. The zero-order chi connectivity index (χ0) is 12.4. The molecule has 0 bridgehead atoms. The Morgan fingerprint density at radius 2 is 2.44 bits per heavy atom. The molecule has 1 aromatic rings. The molecule has 0 spiro atoms. The van der Waals surface area contributed by atoms with Crippen LogP contribution in [0.5, 0.6) is 0 Å². The van der Waals surface area contributed by atoms with Crippen LogP contribution in [0.15, 0.2) is 12.5 Å². The van der Waals surface area contributed by atoms with E-state index in [-0.39, 0.29) is 6.10 Å². The third-order valence-corrected chi connectivity index (χ3v) is 4.03. The number of hydrogen-bond donors (Lipinski definition) is 1. The lowest BCUT2D eigenvalue weighted by molar-refractivity contribution is 0.0177. The molecule has 1 saturated carbocycles. The van der Waals surface area contributed by atoms with Gasteiger partial charge in [-0.3, -0.25) is 0 Å². The molecule has 1 aromatic heterocycles. The predicted octanol–water partition coefficient (Wildman–Crippen LogP) is 1.28. The molecule has 1 saturated heterocycles. The van der Waals surface area contributed by atoms with E-state index in [1.807, 2.05) is 12.5 Å². The molecule has 5 heteroatoms. The molecule has 3 unspecified atom stereocenters. The summed E-state index contributed by atoms with van der Waals surface area (Å²) in [5, 5.41) is 3.37. The smallest absolute Gasteiger partial charge is 0.111 e. The van der Waals surface area contributed by atoms with Crippen LogP contribution in [-0.4, -0.2) is 42.5 Å². The SMILES string of the molecule is COC1CCCC1n1cncc1C1CNCCO1. The van der Waals surface area contributed by atoms with E-state index in [1.54, 1.807) is 7.11 Å². The van der Waals surface area contributed by atoms with Crippen LogP contribution in [0.1, 0.15) is 37.1 Å². The molecule has 0 radical (unpaired) electrons. The Morgan fingerprint density at radius 1 is 1.50 bits per heavy atom. The normalized spacial score (nSPS) is 32.8. The van der Waals surface area contributed by atoms with Crippen molar-refractivity contribution in [2.45, 2.75) is 37.5 Å². The molecular formula is C13H21N3O2. The second-order valence-corrected chi connectivity index (χ2v) is 5.06. The summed E-state index contributed by atoms with van der Waals surface area (Å²) < 4.78 is 13.7. The first-order chi connectivity index (χ1) is 8.90. The second-order valence-electron chi connectivity index (χ2n) is 5.06. The molecule has 0 amide bonds. The van der Waals surface area contributed by atoms with Gasteiger partial charge in [0.1, 0.15) is 6.10 Å². The Balaban J connectivity index is 1.81. The van der Waals surface area contributed by atoms with Gasteiger partial charge in [0.15, 0.2) is 0 Å². The summed E-state index contributed by atoms with van der Waals surface area (Å²) in [5.74, 6) is 0. The van der Waals surface area contributed by atoms with Crippen molar-refractivity contribution >= 4 is 0 Å². The van der Waals surface area contributed by atoms with E-state index in [2.05, 4.69) is 14.9 Å². The van der Waals surface area contributed by atoms with Crippen molar-refractivity contribution in [3.63, 3.8) is 0 Å². The molecule has 1 N–H and O–H groups in total. The standard InChI is InChI=1S/C13H21N3O2/c1-17-12-4-2-3-10(12)16-9-15-7-11(16)13-8-14-5-6-18-13/h7,9-10,12-14H,2-6,8H2,1H3. The largest absolute Gasteiger partial charge is 0.379 e. The Morgan fingerprint density at radius 3 is 3.22 bits per heavy atom. The molecule has 3 rings (SSSR count). The minimum atomic E-state index is 0.124. The van der Waals surface area contributed by atoms with Crippen molar-refractivity contribution in [2.24, 2.45) is 0 Å². The van der Waals surface area contributed by atoms with Gasteiger partial charge in [-0.05, 0) is 19.3 Å². The van der Waals surface area contributed by atoms with Crippen molar-refractivity contribution in [3.05, 3.63) is 18.2 Å². The fraction of sp³-hybridized carbons (Fsp3) is 0.769. The monoisotopic (exact) mass is 251 g/mol. The summed E-state index contributed by atoms with van der Waals surface area (Å²) in [4.78, 5) is 4.31. The van der Waals surface area contributed by atoms with Gasteiger partial charge in [-0.15, -0.1) is 0 Å². The van der Waals surface area contributed by atoms with E-state index >= 15 is 0 Å². The zero-order valence-corrected chi connectivity index (χ0v) is 10.8. The van der Waals surface area contributed by atoms with Gasteiger partial charge >= 0.3 is 0 Å². The van der Waals surface area contributed by atoms with Crippen molar-refractivity contribution in [1.82, 2.24) is 14.9 Å². The van der Waals surface area contributed by atoms with E-state index in [0.717, 1.165) is 26.1 Å². The number of morpholine rings is 1. The van der Waals surface area contributed by atoms with Gasteiger partial charge in [0.25, 0.3) is 0 Å². The lowest BCUT2D eigenvalue weighted by Crippen LogP contribution is -2.35. The lowest BCUT2D eigenvalue weighted by atomic mass is 10.1. The number of aromatic nitrogens is 2. The minimum Gasteiger partial charge on any atom is -0.379 e. The summed E-state index contributed by atoms with van der Waals surface area (Å²) in [6.45, 7) is 2.58. The molecule has 2 heterocycles. The van der Waals surface area contributed by atoms with Gasteiger partial charge in [0.2, 0.25) is 0 Å². The first-order valence-electron chi connectivity index (χ1n) is 6.77. The average molecular weight is 251 g/mol. The number of nitrogens with zero attached hydrogens (tertiary/aromatic N) is 2. The highest BCUT2D eigenvalue weighted by Gasteiger charge is 2.31. The van der Waals surface area contributed by atoms with Crippen LogP contribution in [0, 0.1) is 0 Å². The molecule has 5 nitrogen and oxygen atoms in total. The van der Waals surface area contributed by atoms with Crippen LogP contribution in [-0.2, 0) is 9.47 Å². The average Bonchev–Trinajstić information content (AvgIpc) is 3.07. The third-order valence-electron chi connectivity index (χ3n) is 4.03. The Bertz CT molecular complexity index is 387. The van der Waals surface area contributed by atoms with Crippen LogP contribution >= 0.6 is 0 Å². The van der Waals surface area contributed by atoms with Crippen molar-refractivity contribution in [1.29, 1.82) is 0 Å². The first kappa shape index (κ1) is 12.1. The molecular weight excluding hydrogens is 230 g/mol. The quantitative estimate of drug-likeness (QED) is 0.879. The molecule has 2 aliphatic rings. The summed E-state index contributed by atoms with van der Waals surface area (Å²) >= 11 is 0. The third kappa shape index (κ3) is 2.18. The van der Waals surface area contributed by atoms with Gasteiger partial charge in [0, 0.05) is 20.2 Å². The molecule has 0 aromatic carbocycles. The number of imidazole rings is 1. The highest BCUT2D eigenvalue weighted by atomic mass is 16.5. The Labute approximate surface area is 107 Å². The molecule has 1 aliphatic heterocycles. The predicted molar refractivity (Wildman–Crippen MR) is 67.5 cm³/mol. The highest BCUT2D eigenvalue weighted by Crippen LogP contribution is 2.34. The van der Waals surface area contributed by atoms with E-state index in [1.165, 1.54) is 18.5 Å². The van der Waals surface area contributed by atoms with Crippen LogP contribution < -0.4 is 5.32 Å². The number of nitrogens with one attached hydrogen (secondary N) is 1. The number of ether oxygens (including phenoxy) is 2. The fourth-order valence-corrected chi connectivity index (χ4v) is 3.10. The highest BCUT2D eigenvalue weighted by molar-refractivity contribution is 5.08. The fourth-order valence-electron chi connectivity index (χ4n) is 3.10. The van der Waals surface area contributed by atoms with E-state index < -0.39 is 0 Å². The number of hydrogen-bond acceptors (Lipinski definition) is 4. The second kappa shape index (κ2) is 5.38. The van der Waals surface area contributed by atoms with Gasteiger partial charge < -0.3 is 19.4 Å². The van der Waals surface area contributed by atoms with Gasteiger partial charge in [-0.1, -0.05) is 0 Å². The van der Waals surface area contributed by atoms with Crippen molar-refractivity contribution < 1.29 is 9.47 Å². The molecule has 100 valence electrons. The summed E-state index contributed by atoms with van der Waals surface area (Å²) in [6.07, 6.45) is 7.83. The van der Waals surface area contributed by atoms with Gasteiger partial charge in [-0.25, -0.2) is 4.98 Å². The van der Waals surface area contributed by atoms with E-state index in [4.69, 9.17) is 9.47 Å². The maximum atomic E-state index is 5.83. The van der Waals surface area contributed by atoms with E-state index in [0.29, 0.717) is 12.1 Å². The molecule has 18 heavy (non-hydrogen) atoms. The topological polar surface area (TPSA) is 48.3 Å². The number of rotatable bonds is 3. The Hall–Kier alpha value is -0.910. The van der Waals surface area contributed by atoms with E-state index in [9.17, 15) is 0 Å². The van der Waals surface area contributed by atoms with Crippen LogP contribution in [0.3, 0.4) is 0 Å². The maximum absolute atomic E-state index is 5.83. The molecule has 2 fully saturated rings. The zero-order valence-electron chi connectivity index (χ0n) is 10.8.